The lowest BCUT2D eigenvalue weighted by Gasteiger charge is -2.29. The summed E-state index contributed by atoms with van der Waals surface area (Å²) in [4.78, 5) is 26.4. The summed E-state index contributed by atoms with van der Waals surface area (Å²) >= 11 is 0. The van der Waals surface area contributed by atoms with Gasteiger partial charge in [-0.25, -0.2) is 9.59 Å². The predicted octanol–water partition coefficient (Wildman–Crippen LogP) is 1.72. The van der Waals surface area contributed by atoms with Crippen LogP contribution in [0.2, 0.25) is 0 Å². The van der Waals surface area contributed by atoms with Gasteiger partial charge in [0.2, 0.25) is 0 Å². The van der Waals surface area contributed by atoms with Crippen molar-refractivity contribution in [2.45, 2.75) is 25.8 Å². The summed E-state index contributed by atoms with van der Waals surface area (Å²) < 4.78 is 16.5. The minimum Gasteiger partial charge on any atom is -0.486 e. The molecule has 0 bridgehead atoms. The van der Waals surface area contributed by atoms with E-state index in [2.05, 4.69) is 21.6 Å². The van der Waals surface area contributed by atoms with Crippen LogP contribution in [0.25, 0.3) is 0 Å². The fourth-order valence-electron chi connectivity index (χ4n) is 3.94. The highest BCUT2D eigenvalue weighted by atomic mass is 16.6. The molecule has 1 fully saturated rings. The lowest BCUT2D eigenvalue weighted by Crippen LogP contribution is -2.46. The van der Waals surface area contributed by atoms with Crippen LogP contribution in [0, 0.1) is 0 Å². The molecule has 2 amide bonds. The van der Waals surface area contributed by atoms with Crippen LogP contribution in [0.4, 0.5) is 4.79 Å². The first-order valence-corrected chi connectivity index (χ1v) is 9.73. The number of fused-ring (bicyclic) bond motifs is 1. The van der Waals surface area contributed by atoms with Gasteiger partial charge in [-0.15, -0.1) is 0 Å². The molecule has 8 heteroatoms. The third kappa shape index (κ3) is 3.77. The van der Waals surface area contributed by atoms with E-state index in [1.165, 1.54) is 0 Å². The molecule has 150 valence electrons. The molecule has 28 heavy (non-hydrogen) atoms. The highest BCUT2D eigenvalue weighted by molar-refractivity contribution is 5.93. The molecule has 2 N–H and O–H groups in total. The topological polar surface area (TPSA) is 89.1 Å². The Bertz CT molecular complexity index is 807. The van der Waals surface area contributed by atoms with Crippen molar-refractivity contribution in [1.82, 2.24) is 15.5 Å². The molecule has 4 rings (SSSR count). The molecule has 1 aromatic rings. The number of carbonyl (C=O) groups excluding carboxylic acids is 2. The van der Waals surface area contributed by atoms with E-state index in [4.69, 9.17) is 14.2 Å². The zero-order valence-electron chi connectivity index (χ0n) is 16.0. The van der Waals surface area contributed by atoms with Crippen molar-refractivity contribution < 1.29 is 23.8 Å². The number of carbonyl (C=O) groups is 2. The molecule has 1 aromatic carbocycles. The van der Waals surface area contributed by atoms with Crippen LogP contribution in [0.15, 0.2) is 29.5 Å². The fourth-order valence-corrected chi connectivity index (χ4v) is 3.94. The average Bonchev–Trinajstić information content (AvgIpc) is 3.16. The van der Waals surface area contributed by atoms with Gasteiger partial charge >= 0.3 is 12.0 Å². The molecule has 3 aliphatic rings. The zero-order valence-corrected chi connectivity index (χ0v) is 16.0. The fraction of sp³-hybridized carbons (Fsp3) is 0.500. The Morgan fingerprint density at radius 3 is 2.93 bits per heavy atom. The van der Waals surface area contributed by atoms with Crippen molar-refractivity contribution in [2.24, 2.45) is 0 Å². The van der Waals surface area contributed by atoms with Crippen molar-refractivity contribution in [3.05, 3.63) is 35.0 Å². The van der Waals surface area contributed by atoms with Gasteiger partial charge in [0.1, 0.15) is 13.2 Å². The second-order valence-corrected chi connectivity index (χ2v) is 7.02. The van der Waals surface area contributed by atoms with Crippen LogP contribution in [-0.2, 0) is 9.53 Å². The first-order valence-electron chi connectivity index (χ1n) is 9.73. The van der Waals surface area contributed by atoms with Crippen LogP contribution < -0.4 is 20.1 Å². The van der Waals surface area contributed by atoms with Gasteiger partial charge in [0.15, 0.2) is 11.5 Å². The quantitative estimate of drug-likeness (QED) is 0.748. The Morgan fingerprint density at radius 1 is 1.29 bits per heavy atom. The molecule has 1 saturated heterocycles. The van der Waals surface area contributed by atoms with Crippen LogP contribution >= 0.6 is 0 Å². The second-order valence-electron chi connectivity index (χ2n) is 7.02. The highest BCUT2D eigenvalue weighted by Gasteiger charge is 2.31. The summed E-state index contributed by atoms with van der Waals surface area (Å²) in [6, 6.07) is 5.96. The summed E-state index contributed by atoms with van der Waals surface area (Å²) in [7, 11) is 0. The number of esters is 1. The Morgan fingerprint density at radius 2 is 2.11 bits per heavy atom. The summed E-state index contributed by atoms with van der Waals surface area (Å²) in [5.41, 5.74) is 2.25. The number of nitrogens with zero attached hydrogens (tertiary/aromatic N) is 1. The molecule has 0 saturated carbocycles. The molecular weight excluding hydrogens is 362 g/mol. The van der Waals surface area contributed by atoms with Crippen molar-refractivity contribution in [3.8, 4) is 11.5 Å². The molecule has 0 aliphatic carbocycles. The molecule has 3 aliphatic heterocycles. The number of hydrogen-bond acceptors (Lipinski definition) is 6. The normalized spacial score (nSPS) is 21.9. The lowest BCUT2D eigenvalue weighted by molar-refractivity contribution is -0.138. The number of urea groups is 1. The number of likely N-dealkylation sites (tertiary alicyclic amines) is 1. The van der Waals surface area contributed by atoms with E-state index < -0.39 is 0 Å². The summed E-state index contributed by atoms with van der Waals surface area (Å²) in [5, 5.41) is 5.44. The molecule has 0 radical (unpaired) electrons. The Kier molecular flexibility index (Phi) is 5.38. The van der Waals surface area contributed by atoms with Gasteiger partial charge in [-0.3, -0.25) is 4.90 Å². The van der Waals surface area contributed by atoms with Crippen molar-refractivity contribution in [1.29, 1.82) is 0 Å². The smallest absolute Gasteiger partial charge is 0.337 e. The van der Waals surface area contributed by atoms with E-state index in [1.807, 2.05) is 12.1 Å². The monoisotopic (exact) mass is 387 g/mol. The number of nitrogens with one attached hydrogen (secondary N) is 2. The largest absolute Gasteiger partial charge is 0.486 e. The van der Waals surface area contributed by atoms with Crippen LogP contribution in [0.1, 0.15) is 31.4 Å². The number of ether oxygens (including phenoxy) is 3. The van der Waals surface area contributed by atoms with Gasteiger partial charge in [-0.05, 0) is 44.0 Å². The maximum absolute atomic E-state index is 12.3. The third-order valence-corrected chi connectivity index (χ3v) is 5.25. The summed E-state index contributed by atoms with van der Waals surface area (Å²) in [5.74, 6) is 1.16. The molecule has 3 heterocycles. The van der Waals surface area contributed by atoms with Crippen molar-refractivity contribution >= 4 is 12.0 Å². The summed E-state index contributed by atoms with van der Waals surface area (Å²) in [6.45, 7) is 4.75. The van der Waals surface area contributed by atoms with E-state index in [1.54, 1.807) is 6.92 Å². The number of amides is 2. The SMILES string of the molecule is CCOC(=O)C1=C(CN2CCC[C@H]2c2ccc3c(c2)OCCO3)NC(=O)NC1. The van der Waals surface area contributed by atoms with Gasteiger partial charge < -0.3 is 24.8 Å². The maximum atomic E-state index is 12.3. The highest BCUT2D eigenvalue weighted by Crippen LogP contribution is 2.38. The van der Waals surface area contributed by atoms with E-state index in [0.29, 0.717) is 37.6 Å². The second kappa shape index (κ2) is 8.10. The molecule has 0 spiro atoms. The minimum atomic E-state index is -0.389. The molecular formula is C20H25N3O5. The van der Waals surface area contributed by atoms with Gasteiger partial charge in [0.05, 0.1) is 18.7 Å². The Balaban J connectivity index is 1.56. The van der Waals surface area contributed by atoms with Crippen LogP contribution in [0.5, 0.6) is 11.5 Å². The number of benzene rings is 1. The van der Waals surface area contributed by atoms with Gasteiger partial charge in [0, 0.05) is 18.3 Å². The first kappa shape index (κ1) is 18.6. The summed E-state index contributed by atoms with van der Waals surface area (Å²) in [6.07, 6.45) is 2.06. The number of hydrogen-bond donors (Lipinski definition) is 2. The van der Waals surface area contributed by atoms with Gasteiger partial charge in [-0.1, -0.05) is 6.07 Å². The molecule has 0 aromatic heterocycles. The Hall–Kier alpha value is -2.74. The zero-order chi connectivity index (χ0) is 19.5. The van der Waals surface area contributed by atoms with Gasteiger partial charge in [-0.2, -0.15) is 0 Å². The van der Waals surface area contributed by atoms with E-state index in [0.717, 1.165) is 36.4 Å². The van der Waals surface area contributed by atoms with E-state index >= 15 is 0 Å². The maximum Gasteiger partial charge on any atom is 0.337 e. The van der Waals surface area contributed by atoms with Crippen LogP contribution in [-0.4, -0.2) is 56.4 Å². The van der Waals surface area contributed by atoms with Crippen molar-refractivity contribution in [3.63, 3.8) is 0 Å². The standard InChI is InChI=1S/C20H25N3O5/c1-2-26-19(24)14-11-21-20(25)22-15(14)12-23-7-3-4-16(23)13-5-6-17-18(10-13)28-9-8-27-17/h5-6,10,16H,2-4,7-9,11-12H2,1H3,(H2,21,22,25)/t16-/m0/s1. The Labute approximate surface area is 163 Å². The lowest BCUT2D eigenvalue weighted by atomic mass is 10.0. The van der Waals surface area contributed by atoms with E-state index in [9.17, 15) is 9.59 Å². The molecule has 0 unspecified atom stereocenters. The minimum absolute atomic E-state index is 0.183. The first-order chi connectivity index (χ1) is 13.7. The average molecular weight is 387 g/mol. The van der Waals surface area contributed by atoms with Crippen molar-refractivity contribution in [2.75, 3.05) is 39.5 Å². The van der Waals surface area contributed by atoms with Gasteiger partial charge in [0.25, 0.3) is 0 Å². The molecule has 1 atom stereocenters. The third-order valence-electron chi connectivity index (χ3n) is 5.25. The predicted molar refractivity (Wildman–Crippen MR) is 101 cm³/mol. The number of rotatable bonds is 5. The molecule has 8 nitrogen and oxygen atoms in total. The van der Waals surface area contributed by atoms with Crippen LogP contribution in [0.3, 0.4) is 0 Å². The van der Waals surface area contributed by atoms with E-state index in [-0.39, 0.29) is 24.6 Å².